The summed E-state index contributed by atoms with van der Waals surface area (Å²) in [5.74, 6) is 0. The third kappa shape index (κ3) is 4.63. The van der Waals surface area contributed by atoms with Crippen molar-refractivity contribution in [2.24, 2.45) is 0 Å². The van der Waals surface area contributed by atoms with Crippen molar-refractivity contribution < 1.29 is 21.8 Å². The zero-order chi connectivity index (χ0) is 16.4. The molecule has 124 valence electrons. The molecule has 0 spiro atoms. The van der Waals surface area contributed by atoms with Gasteiger partial charge in [-0.1, -0.05) is 105 Å². The molecule has 0 fully saturated rings. The van der Waals surface area contributed by atoms with E-state index in [2.05, 4.69) is 18.2 Å². The van der Waals surface area contributed by atoms with Crippen LogP contribution in [0.25, 0.3) is 0 Å². The standard InChI is InChI=1S/C21H21OSi.BrH.Mg/c1-16-7-4-10-19(13-16)23(22,20-11-5-8-17(2)14-20)21-12-6-9-18(3)15-21;;/h4-15H,1-3H3;1H;/q-1;;+2/p-1. The molecule has 0 aliphatic rings. The average molecular weight is 422 g/mol. The fourth-order valence-corrected chi connectivity index (χ4v) is 6.38. The second-order valence-electron chi connectivity index (χ2n) is 6.29. The molecule has 0 aromatic heterocycles. The van der Waals surface area contributed by atoms with Crippen molar-refractivity contribution >= 4 is 46.9 Å². The molecule has 0 radical (unpaired) electrons. The first-order valence-corrected chi connectivity index (χ1v) is 9.83. The minimum absolute atomic E-state index is 0. The van der Waals surface area contributed by atoms with Gasteiger partial charge in [0, 0.05) is 0 Å². The van der Waals surface area contributed by atoms with Crippen LogP contribution in [-0.2, 0) is 0 Å². The summed E-state index contributed by atoms with van der Waals surface area (Å²) in [6.07, 6.45) is 0. The van der Waals surface area contributed by atoms with Crippen LogP contribution in [0.2, 0.25) is 0 Å². The topological polar surface area (TPSA) is 23.1 Å². The van der Waals surface area contributed by atoms with Gasteiger partial charge in [-0.15, -0.1) is 0 Å². The largest absolute Gasteiger partial charge is 2.00 e. The normalized spacial score (nSPS) is 10.6. The van der Waals surface area contributed by atoms with E-state index in [1.54, 1.807) is 0 Å². The first kappa shape index (κ1) is 22.1. The molecule has 1 nitrogen and oxygen atoms in total. The van der Waals surface area contributed by atoms with Crippen molar-refractivity contribution in [1.82, 2.24) is 0 Å². The van der Waals surface area contributed by atoms with Crippen LogP contribution in [0.15, 0.2) is 72.8 Å². The molecule has 3 rings (SSSR count). The zero-order valence-corrected chi connectivity index (χ0v) is 18.9. The van der Waals surface area contributed by atoms with E-state index < -0.39 is 8.32 Å². The van der Waals surface area contributed by atoms with Crippen LogP contribution in [-0.4, -0.2) is 31.4 Å². The summed E-state index contributed by atoms with van der Waals surface area (Å²) in [5, 5.41) is 2.77. The van der Waals surface area contributed by atoms with Gasteiger partial charge in [0.1, 0.15) is 0 Å². The second kappa shape index (κ2) is 9.15. The van der Waals surface area contributed by atoms with Gasteiger partial charge in [-0.25, -0.2) is 0 Å². The molecule has 0 bridgehead atoms. The van der Waals surface area contributed by atoms with E-state index in [0.29, 0.717) is 0 Å². The van der Waals surface area contributed by atoms with Crippen LogP contribution < -0.4 is 37.3 Å². The quantitative estimate of drug-likeness (QED) is 0.375. The van der Waals surface area contributed by atoms with Crippen molar-refractivity contribution in [3.8, 4) is 0 Å². The Hall–Kier alpha value is -0.917. The summed E-state index contributed by atoms with van der Waals surface area (Å²) >= 11 is 0. The molecule has 4 heteroatoms. The van der Waals surface area contributed by atoms with Crippen LogP contribution in [0.5, 0.6) is 0 Å². The molecule has 0 aliphatic carbocycles. The number of aryl methyl sites for hydroxylation is 3. The van der Waals surface area contributed by atoms with Crippen LogP contribution in [0, 0.1) is 20.8 Å². The van der Waals surface area contributed by atoms with E-state index in [1.165, 1.54) is 0 Å². The monoisotopic (exact) mass is 420 g/mol. The van der Waals surface area contributed by atoms with Crippen molar-refractivity contribution in [3.63, 3.8) is 0 Å². The molecule has 0 saturated heterocycles. The minimum atomic E-state index is -3.22. The fourth-order valence-electron chi connectivity index (χ4n) is 3.09. The predicted molar refractivity (Wildman–Crippen MR) is 104 cm³/mol. The Morgan fingerprint density at radius 3 is 1.12 bits per heavy atom. The Balaban J connectivity index is 0.00000156. The Morgan fingerprint density at radius 2 is 0.880 bits per heavy atom. The molecule has 0 saturated carbocycles. The van der Waals surface area contributed by atoms with Gasteiger partial charge in [-0.05, 0) is 20.8 Å². The van der Waals surface area contributed by atoms with E-state index in [4.69, 9.17) is 0 Å². The zero-order valence-electron chi connectivity index (χ0n) is 14.9. The van der Waals surface area contributed by atoms with Crippen molar-refractivity contribution in [2.75, 3.05) is 0 Å². The van der Waals surface area contributed by atoms with Crippen molar-refractivity contribution in [1.29, 1.82) is 0 Å². The smallest absolute Gasteiger partial charge is 1.00 e. The van der Waals surface area contributed by atoms with Gasteiger partial charge >= 0.3 is 23.1 Å². The SMILES string of the molecule is Cc1cccc([Si]([O-])(c2cccc(C)c2)c2cccc(C)c2)c1.[Br-].[Mg+2]. The Kier molecular flexibility index (Phi) is 8.09. The summed E-state index contributed by atoms with van der Waals surface area (Å²) < 4.78 is 0. The average Bonchev–Trinajstić information content (AvgIpc) is 2.54. The Bertz CT molecular complexity index is 740. The maximum atomic E-state index is 14.3. The molecule has 0 heterocycles. The molecule has 3 aromatic carbocycles. The number of halogens is 1. The van der Waals surface area contributed by atoms with Gasteiger partial charge in [-0.3, -0.25) is 0 Å². The summed E-state index contributed by atoms with van der Waals surface area (Å²) in [4.78, 5) is 14.3. The van der Waals surface area contributed by atoms with Crippen molar-refractivity contribution in [3.05, 3.63) is 89.5 Å². The number of benzene rings is 3. The third-order valence-electron chi connectivity index (χ3n) is 4.27. The van der Waals surface area contributed by atoms with Gasteiger partial charge in [0.25, 0.3) is 0 Å². The maximum absolute atomic E-state index is 14.3. The second-order valence-corrected chi connectivity index (χ2v) is 9.38. The van der Waals surface area contributed by atoms with Crippen LogP contribution in [0.4, 0.5) is 0 Å². The summed E-state index contributed by atoms with van der Waals surface area (Å²) in [6, 6.07) is 24.3. The first-order chi connectivity index (χ1) is 11.0. The number of hydrogen-bond donors (Lipinski definition) is 0. The van der Waals surface area contributed by atoms with Gasteiger partial charge in [0.2, 0.25) is 0 Å². The van der Waals surface area contributed by atoms with Gasteiger partial charge < -0.3 is 21.8 Å². The molecule has 0 N–H and O–H groups in total. The molecular formula is C21H21BrMgOSi. The van der Waals surface area contributed by atoms with E-state index in [1.807, 2.05) is 75.4 Å². The van der Waals surface area contributed by atoms with Crippen LogP contribution in [0.1, 0.15) is 16.7 Å². The number of hydrogen-bond acceptors (Lipinski definition) is 1. The summed E-state index contributed by atoms with van der Waals surface area (Å²) in [7, 11) is -3.22. The maximum Gasteiger partial charge on any atom is 2.00 e. The predicted octanol–water partition coefficient (Wildman–Crippen LogP) is -1.44. The minimum Gasteiger partial charge on any atom is -1.00 e. The summed E-state index contributed by atoms with van der Waals surface area (Å²) in [6.45, 7) is 6.14. The van der Waals surface area contributed by atoms with E-state index in [0.717, 1.165) is 32.3 Å². The molecule has 3 aromatic rings. The Morgan fingerprint density at radius 1 is 0.600 bits per heavy atom. The van der Waals surface area contributed by atoms with Crippen molar-refractivity contribution in [2.45, 2.75) is 20.8 Å². The van der Waals surface area contributed by atoms with Crippen LogP contribution >= 0.6 is 0 Å². The molecule has 0 aliphatic heterocycles. The van der Waals surface area contributed by atoms with Gasteiger partial charge in [0.15, 0.2) is 0 Å². The Labute approximate surface area is 178 Å². The first-order valence-electron chi connectivity index (χ1n) is 7.92. The summed E-state index contributed by atoms with van der Waals surface area (Å²) in [5.41, 5.74) is 3.40. The van der Waals surface area contributed by atoms with Gasteiger partial charge in [-0.2, -0.15) is 0 Å². The van der Waals surface area contributed by atoms with Crippen LogP contribution in [0.3, 0.4) is 0 Å². The van der Waals surface area contributed by atoms with Gasteiger partial charge in [0.05, 0.1) is 8.32 Å². The van der Waals surface area contributed by atoms with E-state index in [9.17, 15) is 4.80 Å². The molecule has 25 heavy (non-hydrogen) atoms. The third-order valence-corrected chi connectivity index (χ3v) is 7.65. The molecule has 0 amide bonds. The fraction of sp³-hybridized carbons (Fsp3) is 0.143. The number of rotatable bonds is 3. The molecule has 0 atom stereocenters. The van der Waals surface area contributed by atoms with E-state index in [-0.39, 0.29) is 40.0 Å². The van der Waals surface area contributed by atoms with E-state index >= 15 is 0 Å². The molecule has 0 unspecified atom stereocenters. The molecular weight excluding hydrogens is 401 g/mol.